The van der Waals surface area contributed by atoms with Crippen LogP contribution in [-0.4, -0.2) is 24.3 Å². The van der Waals surface area contributed by atoms with Crippen LogP contribution in [-0.2, 0) is 4.74 Å². The summed E-state index contributed by atoms with van der Waals surface area (Å²) >= 11 is 12.9. The number of esters is 1. The molecule has 0 saturated carbocycles. The van der Waals surface area contributed by atoms with Crippen LogP contribution in [0.5, 0.6) is 0 Å². The van der Waals surface area contributed by atoms with Crippen molar-refractivity contribution in [1.82, 2.24) is 4.98 Å². The number of hydrogen-bond acceptors (Lipinski definition) is 6. The Kier molecular flexibility index (Phi) is 5.17. The first-order valence-corrected chi connectivity index (χ1v) is 7.38. The number of aryl methyl sites for hydroxylation is 1. The lowest BCUT2D eigenvalue weighted by Crippen LogP contribution is -1.99. The van der Waals surface area contributed by atoms with Gasteiger partial charge in [-0.1, -0.05) is 40.6 Å². The molecule has 1 heterocycles. The molecule has 1 aromatic heterocycles. The Balaban J connectivity index is 2.07. The zero-order valence-electron chi connectivity index (χ0n) is 11.2. The number of hydrogen-bond donors (Lipinski definition) is 1. The van der Waals surface area contributed by atoms with Crippen molar-refractivity contribution >= 4 is 51.9 Å². The van der Waals surface area contributed by atoms with Gasteiger partial charge in [0.25, 0.3) is 0 Å². The van der Waals surface area contributed by atoms with Gasteiger partial charge in [0.05, 0.1) is 29.1 Å². The monoisotopic (exact) mass is 343 g/mol. The maximum absolute atomic E-state index is 11.5. The number of ether oxygens (including phenoxy) is 1. The lowest BCUT2D eigenvalue weighted by atomic mass is 10.2. The van der Waals surface area contributed by atoms with Crippen LogP contribution in [0.2, 0.25) is 10.0 Å². The van der Waals surface area contributed by atoms with E-state index in [1.54, 1.807) is 31.3 Å². The summed E-state index contributed by atoms with van der Waals surface area (Å²) in [5, 5.41) is 5.49. The van der Waals surface area contributed by atoms with E-state index in [-0.39, 0.29) is 0 Å². The highest BCUT2D eigenvalue weighted by Gasteiger charge is 2.15. The molecule has 0 fully saturated rings. The van der Waals surface area contributed by atoms with Crippen molar-refractivity contribution in [3.8, 4) is 0 Å². The SMILES string of the molecule is COC(=O)c1sc(N/N=C\c2ccc(Cl)c(Cl)c2)nc1C. The first-order valence-electron chi connectivity index (χ1n) is 5.81. The molecular formula is C13H11Cl2N3O2S. The molecule has 21 heavy (non-hydrogen) atoms. The summed E-state index contributed by atoms with van der Waals surface area (Å²) in [6.45, 7) is 1.73. The van der Waals surface area contributed by atoms with Gasteiger partial charge >= 0.3 is 5.97 Å². The van der Waals surface area contributed by atoms with Crippen molar-refractivity contribution in [2.24, 2.45) is 5.10 Å². The quantitative estimate of drug-likeness (QED) is 0.517. The Morgan fingerprint density at radius 3 is 2.86 bits per heavy atom. The molecule has 0 atom stereocenters. The Labute approximate surface area is 135 Å². The van der Waals surface area contributed by atoms with E-state index in [0.717, 1.165) is 5.56 Å². The van der Waals surface area contributed by atoms with Crippen molar-refractivity contribution in [2.45, 2.75) is 6.92 Å². The molecule has 0 aliphatic carbocycles. The molecule has 0 aliphatic rings. The second-order valence-corrected chi connectivity index (χ2v) is 5.78. The fraction of sp³-hybridized carbons (Fsp3) is 0.154. The van der Waals surface area contributed by atoms with Crippen molar-refractivity contribution in [1.29, 1.82) is 0 Å². The van der Waals surface area contributed by atoms with Crippen LogP contribution >= 0.6 is 34.5 Å². The van der Waals surface area contributed by atoms with Gasteiger partial charge < -0.3 is 4.74 Å². The average molecular weight is 344 g/mol. The van der Waals surface area contributed by atoms with Crippen molar-refractivity contribution in [3.05, 3.63) is 44.4 Å². The number of halogens is 2. The van der Waals surface area contributed by atoms with E-state index < -0.39 is 5.97 Å². The summed E-state index contributed by atoms with van der Waals surface area (Å²) in [6, 6.07) is 5.17. The molecule has 5 nitrogen and oxygen atoms in total. The van der Waals surface area contributed by atoms with Crippen LogP contribution in [0, 0.1) is 6.92 Å². The molecule has 0 radical (unpaired) electrons. The number of benzene rings is 1. The van der Waals surface area contributed by atoms with Gasteiger partial charge in [-0.3, -0.25) is 5.43 Å². The summed E-state index contributed by atoms with van der Waals surface area (Å²) < 4.78 is 4.67. The topological polar surface area (TPSA) is 63.6 Å². The highest BCUT2D eigenvalue weighted by atomic mass is 35.5. The molecule has 1 N–H and O–H groups in total. The third-order valence-electron chi connectivity index (χ3n) is 2.48. The first-order chi connectivity index (χ1) is 10.0. The van der Waals surface area contributed by atoms with Gasteiger partial charge in [0, 0.05) is 0 Å². The Morgan fingerprint density at radius 1 is 1.43 bits per heavy atom. The molecule has 2 rings (SSSR count). The fourth-order valence-corrected chi connectivity index (χ4v) is 2.62. The molecule has 0 unspecified atom stereocenters. The number of thiazole rings is 1. The van der Waals surface area contributed by atoms with Crippen LogP contribution in [0.3, 0.4) is 0 Å². The van der Waals surface area contributed by atoms with Crippen LogP contribution in [0.15, 0.2) is 23.3 Å². The maximum Gasteiger partial charge on any atom is 0.350 e. The standard InChI is InChI=1S/C13H11Cl2N3O2S/c1-7-11(12(19)20-2)21-13(17-7)18-16-6-8-3-4-9(14)10(15)5-8/h3-6H,1-2H3,(H,17,18)/b16-6-. The summed E-state index contributed by atoms with van der Waals surface area (Å²) in [4.78, 5) is 16.1. The minimum absolute atomic E-state index is 0.411. The molecule has 1 aromatic carbocycles. The van der Waals surface area contributed by atoms with E-state index in [1.807, 2.05) is 0 Å². The van der Waals surface area contributed by atoms with Gasteiger partial charge in [-0.25, -0.2) is 9.78 Å². The third-order valence-corrected chi connectivity index (χ3v) is 4.27. The van der Waals surface area contributed by atoms with E-state index in [4.69, 9.17) is 23.2 Å². The normalized spacial score (nSPS) is 10.9. The average Bonchev–Trinajstić information content (AvgIpc) is 2.83. The summed E-state index contributed by atoms with van der Waals surface area (Å²) in [5.74, 6) is -0.411. The molecular weight excluding hydrogens is 333 g/mol. The number of aromatic nitrogens is 1. The Bertz CT molecular complexity index is 701. The Morgan fingerprint density at radius 2 is 2.19 bits per heavy atom. The molecule has 0 aliphatic heterocycles. The van der Waals surface area contributed by atoms with Crippen LogP contribution in [0.1, 0.15) is 20.9 Å². The molecule has 2 aromatic rings. The molecule has 8 heteroatoms. The first kappa shape index (κ1) is 15.8. The van der Waals surface area contributed by atoms with E-state index in [2.05, 4.69) is 20.2 Å². The number of hydrazone groups is 1. The third kappa shape index (κ3) is 3.93. The second-order valence-electron chi connectivity index (χ2n) is 3.97. The number of carbonyl (C=O) groups is 1. The fourth-order valence-electron chi connectivity index (χ4n) is 1.48. The predicted octanol–water partition coefficient (Wildman–Crippen LogP) is 3.99. The lowest BCUT2D eigenvalue weighted by molar-refractivity contribution is 0.0605. The van der Waals surface area contributed by atoms with Crippen LogP contribution < -0.4 is 5.43 Å². The van der Waals surface area contributed by atoms with Gasteiger partial charge in [0.1, 0.15) is 4.88 Å². The summed E-state index contributed by atoms with van der Waals surface area (Å²) in [7, 11) is 1.33. The number of nitrogens with zero attached hydrogens (tertiary/aromatic N) is 2. The zero-order valence-corrected chi connectivity index (χ0v) is 13.5. The summed E-state index contributed by atoms with van der Waals surface area (Å²) in [5.41, 5.74) is 4.15. The molecule has 0 bridgehead atoms. The van der Waals surface area contributed by atoms with Gasteiger partial charge in [-0.15, -0.1) is 0 Å². The minimum atomic E-state index is -0.411. The van der Waals surface area contributed by atoms with Crippen LogP contribution in [0.4, 0.5) is 5.13 Å². The number of rotatable bonds is 4. The van der Waals surface area contributed by atoms with Crippen LogP contribution in [0.25, 0.3) is 0 Å². The Hall–Kier alpha value is -1.63. The minimum Gasteiger partial charge on any atom is -0.465 e. The van der Waals surface area contributed by atoms with Crippen molar-refractivity contribution in [2.75, 3.05) is 12.5 Å². The molecule has 0 saturated heterocycles. The number of methoxy groups -OCH3 is 1. The highest BCUT2D eigenvalue weighted by Crippen LogP contribution is 2.24. The van der Waals surface area contributed by atoms with Gasteiger partial charge in [0.15, 0.2) is 0 Å². The summed E-state index contributed by atoms with van der Waals surface area (Å²) in [6.07, 6.45) is 1.58. The van der Waals surface area contributed by atoms with E-state index in [9.17, 15) is 4.79 Å². The maximum atomic E-state index is 11.5. The van der Waals surface area contributed by atoms with E-state index in [0.29, 0.717) is 25.7 Å². The molecule has 0 amide bonds. The number of anilines is 1. The van der Waals surface area contributed by atoms with E-state index in [1.165, 1.54) is 18.4 Å². The predicted molar refractivity (Wildman–Crippen MR) is 85.9 cm³/mol. The lowest BCUT2D eigenvalue weighted by Gasteiger charge is -1.97. The zero-order chi connectivity index (χ0) is 15.4. The molecule has 0 spiro atoms. The number of nitrogens with one attached hydrogen (secondary N) is 1. The molecule has 110 valence electrons. The van der Waals surface area contributed by atoms with Crippen molar-refractivity contribution in [3.63, 3.8) is 0 Å². The van der Waals surface area contributed by atoms with Gasteiger partial charge in [-0.2, -0.15) is 5.10 Å². The van der Waals surface area contributed by atoms with Crippen molar-refractivity contribution < 1.29 is 9.53 Å². The van der Waals surface area contributed by atoms with E-state index >= 15 is 0 Å². The van der Waals surface area contributed by atoms with Gasteiger partial charge in [0.2, 0.25) is 5.13 Å². The second kappa shape index (κ2) is 6.89. The number of carbonyl (C=O) groups excluding carboxylic acids is 1. The van der Waals surface area contributed by atoms with Gasteiger partial charge in [-0.05, 0) is 24.6 Å². The largest absolute Gasteiger partial charge is 0.465 e. The highest BCUT2D eigenvalue weighted by molar-refractivity contribution is 7.17. The smallest absolute Gasteiger partial charge is 0.350 e.